The van der Waals surface area contributed by atoms with Crippen LogP contribution in [0.3, 0.4) is 0 Å². The van der Waals surface area contributed by atoms with E-state index in [0.29, 0.717) is 35.6 Å². The summed E-state index contributed by atoms with van der Waals surface area (Å²) in [5.41, 5.74) is 1.80. The Morgan fingerprint density at radius 1 is 0.966 bits per heavy atom. The van der Waals surface area contributed by atoms with Gasteiger partial charge in [-0.05, 0) is 42.4 Å². The number of piperazine rings is 1. The molecule has 0 saturated carbocycles. The molecule has 150 valence electrons. The van der Waals surface area contributed by atoms with E-state index in [1.54, 1.807) is 30.3 Å². The summed E-state index contributed by atoms with van der Waals surface area (Å²) >= 11 is 3.40. The fourth-order valence-electron chi connectivity index (χ4n) is 3.83. The van der Waals surface area contributed by atoms with Crippen LogP contribution in [0.15, 0.2) is 58.7 Å². The maximum absolute atomic E-state index is 13.5. The Morgan fingerprint density at radius 3 is 2.28 bits per heavy atom. The molecule has 0 N–H and O–H groups in total. The zero-order valence-corrected chi connectivity index (χ0v) is 17.7. The first-order chi connectivity index (χ1) is 14.0. The van der Waals surface area contributed by atoms with Gasteiger partial charge in [0, 0.05) is 30.7 Å². The topological polar surface area (TPSA) is 43.9 Å². The highest BCUT2D eigenvalue weighted by Gasteiger charge is 2.43. The molecule has 2 aliphatic heterocycles. The molecule has 2 aliphatic rings. The van der Waals surface area contributed by atoms with Gasteiger partial charge in [-0.2, -0.15) is 0 Å². The minimum Gasteiger partial charge on any atom is -0.364 e. The third kappa shape index (κ3) is 3.72. The van der Waals surface area contributed by atoms with E-state index in [1.165, 1.54) is 17.0 Å². The van der Waals surface area contributed by atoms with Crippen LogP contribution in [-0.4, -0.2) is 54.3 Å². The summed E-state index contributed by atoms with van der Waals surface area (Å²) in [4.78, 5) is 32.3. The highest BCUT2D eigenvalue weighted by atomic mass is 79.9. The van der Waals surface area contributed by atoms with E-state index >= 15 is 0 Å². The lowest BCUT2D eigenvalue weighted by molar-refractivity contribution is -0.120. The number of imide groups is 1. The molecule has 1 saturated heterocycles. The van der Waals surface area contributed by atoms with Crippen molar-refractivity contribution in [1.82, 2.24) is 9.80 Å². The van der Waals surface area contributed by atoms with Crippen LogP contribution in [0.25, 0.3) is 5.57 Å². The first-order valence-corrected chi connectivity index (χ1v) is 10.4. The zero-order valence-electron chi connectivity index (χ0n) is 16.1. The van der Waals surface area contributed by atoms with Crippen molar-refractivity contribution >= 4 is 39.0 Å². The number of hydrogen-bond donors (Lipinski definition) is 0. The van der Waals surface area contributed by atoms with Gasteiger partial charge in [-0.25, -0.2) is 9.29 Å². The highest BCUT2D eigenvalue weighted by molar-refractivity contribution is 9.10. The van der Waals surface area contributed by atoms with Crippen LogP contribution < -0.4 is 4.90 Å². The first kappa shape index (κ1) is 19.8. The summed E-state index contributed by atoms with van der Waals surface area (Å²) in [7, 11) is 0. The smallest absolute Gasteiger partial charge is 0.282 e. The Balaban J connectivity index is 1.78. The molecule has 2 heterocycles. The fourth-order valence-corrected chi connectivity index (χ4v) is 4.21. The zero-order chi connectivity index (χ0) is 20.5. The van der Waals surface area contributed by atoms with Crippen LogP contribution in [0.5, 0.6) is 0 Å². The largest absolute Gasteiger partial charge is 0.364 e. The number of anilines is 1. The van der Waals surface area contributed by atoms with Crippen molar-refractivity contribution in [2.45, 2.75) is 6.92 Å². The highest BCUT2D eigenvalue weighted by Crippen LogP contribution is 2.35. The quantitative estimate of drug-likeness (QED) is 0.658. The first-order valence-electron chi connectivity index (χ1n) is 9.61. The van der Waals surface area contributed by atoms with Crippen LogP contribution in [0.1, 0.15) is 12.5 Å². The second kappa shape index (κ2) is 8.08. The monoisotopic (exact) mass is 457 g/mol. The standard InChI is InChI=1S/C22H21BrFN3O2/c1-2-25-10-12-26(13-11-25)20-19(15-6-8-17(24)9-7-15)21(28)27(22(20)29)18-5-3-4-16(23)14-18/h3-9,14H,2,10-13H2,1H3. The van der Waals surface area contributed by atoms with Crippen molar-refractivity contribution in [2.24, 2.45) is 0 Å². The van der Waals surface area contributed by atoms with Crippen LogP contribution in [0.4, 0.5) is 10.1 Å². The molecule has 0 aliphatic carbocycles. The van der Waals surface area contributed by atoms with Crippen molar-refractivity contribution < 1.29 is 14.0 Å². The Bertz CT molecular complexity index is 982. The summed E-state index contributed by atoms with van der Waals surface area (Å²) in [6.07, 6.45) is 0. The Morgan fingerprint density at radius 2 is 1.66 bits per heavy atom. The maximum atomic E-state index is 13.5. The van der Waals surface area contributed by atoms with Crippen LogP contribution in [-0.2, 0) is 9.59 Å². The molecule has 0 unspecified atom stereocenters. The molecule has 7 heteroatoms. The van der Waals surface area contributed by atoms with Gasteiger partial charge in [0.15, 0.2) is 0 Å². The van der Waals surface area contributed by atoms with Crippen molar-refractivity contribution in [3.05, 3.63) is 70.1 Å². The Hall–Kier alpha value is -2.51. The fraction of sp³-hybridized carbons (Fsp3) is 0.273. The number of halogens is 2. The molecule has 0 radical (unpaired) electrons. The van der Waals surface area contributed by atoms with Crippen molar-refractivity contribution in [3.8, 4) is 0 Å². The number of amides is 2. The van der Waals surface area contributed by atoms with Gasteiger partial charge in [-0.15, -0.1) is 0 Å². The lowest BCUT2D eigenvalue weighted by Gasteiger charge is -2.36. The summed E-state index contributed by atoms with van der Waals surface area (Å²) in [6, 6.07) is 12.9. The number of carbonyl (C=O) groups excluding carboxylic acids is 2. The van der Waals surface area contributed by atoms with E-state index in [9.17, 15) is 14.0 Å². The molecule has 0 spiro atoms. The van der Waals surface area contributed by atoms with Gasteiger partial charge < -0.3 is 9.80 Å². The lowest BCUT2D eigenvalue weighted by atomic mass is 10.0. The van der Waals surface area contributed by atoms with E-state index in [2.05, 4.69) is 27.8 Å². The van der Waals surface area contributed by atoms with E-state index in [1.807, 2.05) is 11.0 Å². The second-order valence-electron chi connectivity index (χ2n) is 7.08. The van der Waals surface area contributed by atoms with Crippen molar-refractivity contribution in [1.29, 1.82) is 0 Å². The molecule has 2 amide bonds. The number of benzene rings is 2. The van der Waals surface area contributed by atoms with Gasteiger partial charge in [0.1, 0.15) is 11.5 Å². The van der Waals surface area contributed by atoms with E-state index in [-0.39, 0.29) is 17.6 Å². The minimum atomic E-state index is -0.382. The molecule has 2 aromatic carbocycles. The number of likely N-dealkylation sites (N-methyl/N-ethyl adjacent to an activating group) is 1. The Kier molecular flexibility index (Phi) is 5.52. The lowest BCUT2D eigenvalue weighted by Crippen LogP contribution is -2.47. The van der Waals surface area contributed by atoms with Gasteiger partial charge in [-0.1, -0.05) is 41.1 Å². The summed E-state index contributed by atoms with van der Waals surface area (Å²) in [5, 5.41) is 0. The predicted molar refractivity (Wildman–Crippen MR) is 114 cm³/mol. The van der Waals surface area contributed by atoms with Crippen molar-refractivity contribution in [2.75, 3.05) is 37.6 Å². The van der Waals surface area contributed by atoms with E-state index in [0.717, 1.165) is 24.1 Å². The summed E-state index contributed by atoms with van der Waals surface area (Å²) in [5.74, 6) is -1.10. The van der Waals surface area contributed by atoms with Gasteiger partial charge in [0.25, 0.3) is 11.8 Å². The number of carbonyl (C=O) groups is 2. The third-order valence-corrected chi connectivity index (χ3v) is 5.89. The minimum absolute atomic E-state index is 0.333. The van der Waals surface area contributed by atoms with E-state index < -0.39 is 0 Å². The molecule has 5 nitrogen and oxygen atoms in total. The van der Waals surface area contributed by atoms with Crippen LogP contribution in [0, 0.1) is 5.82 Å². The normalized spacial score (nSPS) is 18.2. The molecule has 0 aromatic heterocycles. The van der Waals surface area contributed by atoms with Gasteiger partial charge >= 0.3 is 0 Å². The molecule has 2 aromatic rings. The predicted octanol–water partition coefficient (Wildman–Crippen LogP) is 3.51. The molecule has 4 rings (SSSR count). The molecule has 0 atom stereocenters. The maximum Gasteiger partial charge on any atom is 0.282 e. The molecule has 0 bridgehead atoms. The molecular formula is C22H21BrFN3O2. The average Bonchev–Trinajstić information content (AvgIpc) is 2.99. The molecular weight excluding hydrogens is 437 g/mol. The van der Waals surface area contributed by atoms with Crippen LogP contribution in [0.2, 0.25) is 0 Å². The van der Waals surface area contributed by atoms with Crippen LogP contribution >= 0.6 is 15.9 Å². The van der Waals surface area contributed by atoms with Crippen molar-refractivity contribution in [3.63, 3.8) is 0 Å². The number of nitrogens with zero attached hydrogens (tertiary/aromatic N) is 3. The molecule has 29 heavy (non-hydrogen) atoms. The average molecular weight is 458 g/mol. The number of hydrogen-bond acceptors (Lipinski definition) is 4. The van der Waals surface area contributed by atoms with Gasteiger partial charge in [-0.3, -0.25) is 9.59 Å². The Labute approximate surface area is 177 Å². The summed E-state index contributed by atoms with van der Waals surface area (Å²) < 4.78 is 14.2. The SMILES string of the molecule is CCN1CCN(C2=C(c3ccc(F)cc3)C(=O)N(c3cccc(Br)c3)C2=O)CC1. The second-order valence-corrected chi connectivity index (χ2v) is 7.99. The summed E-state index contributed by atoms with van der Waals surface area (Å²) in [6.45, 7) is 6.05. The van der Waals surface area contributed by atoms with Gasteiger partial charge in [0.2, 0.25) is 0 Å². The molecule has 1 fully saturated rings. The number of rotatable bonds is 4. The third-order valence-electron chi connectivity index (χ3n) is 5.39. The van der Waals surface area contributed by atoms with Gasteiger partial charge in [0.05, 0.1) is 11.3 Å². The van der Waals surface area contributed by atoms with E-state index in [4.69, 9.17) is 0 Å².